The van der Waals surface area contributed by atoms with E-state index in [0.29, 0.717) is 0 Å². The molecule has 4 heteroatoms. The first-order chi connectivity index (χ1) is 11.2. The molecule has 0 aromatic heterocycles. The third-order valence-corrected chi connectivity index (χ3v) is 3.84. The molecule has 0 fully saturated rings. The lowest BCUT2D eigenvalue weighted by Crippen LogP contribution is -2.44. The second-order valence-electron chi connectivity index (χ2n) is 5.56. The van der Waals surface area contributed by atoms with Crippen LogP contribution in [-0.4, -0.2) is 23.8 Å². The molecule has 0 aliphatic carbocycles. The van der Waals surface area contributed by atoms with Crippen molar-refractivity contribution >= 4 is 6.03 Å². The molecule has 23 heavy (non-hydrogen) atoms. The van der Waals surface area contributed by atoms with E-state index >= 15 is 0 Å². The fourth-order valence-corrected chi connectivity index (χ4v) is 2.50. The van der Waals surface area contributed by atoms with E-state index < -0.39 is 6.04 Å². The zero-order valence-electron chi connectivity index (χ0n) is 13.4. The molecule has 0 radical (unpaired) electrons. The van der Waals surface area contributed by atoms with Gasteiger partial charge in [0, 0.05) is 6.04 Å². The van der Waals surface area contributed by atoms with Crippen molar-refractivity contribution in [1.82, 2.24) is 10.6 Å². The van der Waals surface area contributed by atoms with Crippen LogP contribution in [0.2, 0.25) is 0 Å². The molecule has 0 saturated carbocycles. The molecule has 0 saturated heterocycles. The van der Waals surface area contributed by atoms with Crippen LogP contribution in [0.25, 0.3) is 0 Å². The highest BCUT2D eigenvalue weighted by molar-refractivity contribution is 5.74. The second kappa shape index (κ2) is 8.96. The Morgan fingerprint density at radius 2 is 1.61 bits per heavy atom. The van der Waals surface area contributed by atoms with Crippen molar-refractivity contribution in [3.63, 3.8) is 0 Å². The molecule has 0 spiro atoms. The van der Waals surface area contributed by atoms with E-state index in [-0.39, 0.29) is 18.7 Å². The van der Waals surface area contributed by atoms with Gasteiger partial charge in [0.05, 0.1) is 12.6 Å². The zero-order chi connectivity index (χ0) is 16.5. The number of aliphatic hydroxyl groups is 1. The number of rotatable bonds is 7. The van der Waals surface area contributed by atoms with Gasteiger partial charge in [-0.2, -0.15) is 0 Å². The maximum absolute atomic E-state index is 12.2. The minimum absolute atomic E-state index is 0.0625. The fourth-order valence-electron chi connectivity index (χ4n) is 2.50. The largest absolute Gasteiger partial charge is 0.394 e. The first kappa shape index (κ1) is 17.0. The van der Waals surface area contributed by atoms with E-state index in [1.165, 1.54) is 5.56 Å². The Labute approximate surface area is 137 Å². The number of urea groups is 1. The molecule has 0 aliphatic rings. The molecule has 2 rings (SSSR count). The highest BCUT2D eigenvalue weighted by Gasteiger charge is 2.16. The van der Waals surface area contributed by atoms with Gasteiger partial charge in [0.1, 0.15) is 0 Å². The molecular formula is C19H24N2O2. The van der Waals surface area contributed by atoms with Gasteiger partial charge in [-0.15, -0.1) is 0 Å². The Morgan fingerprint density at radius 3 is 2.17 bits per heavy atom. The van der Waals surface area contributed by atoms with Gasteiger partial charge in [-0.05, 0) is 24.0 Å². The lowest BCUT2D eigenvalue weighted by Gasteiger charge is -2.21. The van der Waals surface area contributed by atoms with Gasteiger partial charge in [0.15, 0.2) is 0 Å². The third kappa shape index (κ3) is 5.42. The van der Waals surface area contributed by atoms with Gasteiger partial charge in [-0.25, -0.2) is 4.79 Å². The summed E-state index contributed by atoms with van der Waals surface area (Å²) in [4.78, 5) is 12.2. The summed E-state index contributed by atoms with van der Waals surface area (Å²) in [5, 5.41) is 15.3. The smallest absolute Gasteiger partial charge is 0.315 e. The number of benzene rings is 2. The SMILES string of the molecule is CCC(Cc1ccccc1)NC(=O)NC(CO)c1ccccc1. The van der Waals surface area contributed by atoms with E-state index in [9.17, 15) is 9.90 Å². The maximum atomic E-state index is 12.2. The minimum Gasteiger partial charge on any atom is -0.394 e. The van der Waals surface area contributed by atoms with Gasteiger partial charge < -0.3 is 15.7 Å². The summed E-state index contributed by atoms with van der Waals surface area (Å²) in [5.41, 5.74) is 2.09. The van der Waals surface area contributed by atoms with Crippen molar-refractivity contribution in [2.24, 2.45) is 0 Å². The zero-order valence-corrected chi connectivity index (χ0v) is 13.4. The van der Waals surface area contributed by atoms with Gasteiger partial charge in [0.2, 0.25) is 0 Å². The summed E-state index contributed by atoms with van der Waals surface area (Å²) in [5.74, 6) is 0. The number of nitrogens with one attached hydrogen (secondary N) is 2. The van der Waals surface area contributed by atoms with Crippen molar-refractivity contribution in [2.75, 3.05) is 6.61 Å². The summed E-state index contributed by atoms with van der Waals surface area (Å²) in [6, 6.07) is 19.0. The molecule has 122 valence electrons. The lowest BCUT2D eigenvalue weighted by atomic mass is 10.0. The summed E-state index contributed by atoms with van der Waals surface area (Å²) in [7, 11) is 0. The predicted octanol–water partition coefficient (Wildman–Crippen LogP) is 3.04. The van der Waals surface area contributed by atoms with Crippen LogP contribution >= 0.6 is 0 Å². The Balaban J connectivity index is 1.91. The molecule has 2 atom stereocenters. The summed E-state index contributed by atoms with van der Waals surface area (Å²) < 4.78 is 0. The molecule has 3 N–H and O–H groups in total. The molecule has 0 heterocycles. The maximum Gasteiger partial charge on any atom is 0.315 e. The van der Waals surface area contributed by atoms with Crippen LogP contribution in [0.1, 0.15) is 30.5 Å². The van der Waals surface area contributed by atoms with Crippen molar-refractivity contribution in [3.8, 4) is 0 Å². The monoisotopic (exact) mass is 312 g/mol. The van der Waals surface area contributed by atoms with Gasteiger partial charge in [0.25, 0.3) is 0 Å². The van der Waals surface area contributed by atoms with Crippen molar-refractivity contribution in [3.05, 3.63) is 71.8 Å². The molecule has 2 aromatic carbocycles. The third-order valence-electron chi connectivity index (χ3n) is 3.84. The molecule has 0 aliphatic heterocycles. The quantitative estimate of drug-likeness (QED) is 0.736. The van der Waals surface area contributed by atoms with Crippen molar-refractivity contribution in [2.45, 2.75) is 31.8 Å². The van der Waals surface area contributed by atoms with Gasteiger partial charge >= 0.3 is 6.03 Å². The van der Waals surface area contributed by atoms with Crippen LogP contribution in [0.15, 0.2) is 60.7 Å². The highest BCUT2D eigenvalue weighted by atomic mass is 16.3. The topological polar surface area (TPSA) is 61.4 Å². The molecule has 2 aromatic rings. The normalized spacial score (nSPS) is 13.1. The van der Waals surface area contributed by atoms with Crippen LogP contribution in [-0.2, 0) is 6.42 Å². The minimum atomic E-state index is -0.398. The van der Waals surface area contributed by atoms with Crippen LogP contribution in [0.5, 0.6) is 0 Å². The van der Waals surface area contributed by atoms with E-state index in [0.717, 1.165) is 18.4 Å². The van der Waals surface area contributed by atoms with E-state index in [1.807, 2.05) is 48.5 Å². The van der Waals surface area contributed by atoms with Crippen molar-refractivity contribution in [1.29, 1.82) is 0 Å². The molecular weight excluding hydrogens is 288 g/mol. The molecule has 2 amide bonds. The van der Waals surface area contributed by atoms with Crippen LogP contribution in [0, 0.1) is 0 Å². The Kier molecular flexibility index (Phi) is 6.63. The predicted molar refractivity (Wildman–Crippen MR) is 92.2 cm³/mol. The Hall–Kier alpha value is -2.33. The number of carbonyl (C=O) groups excluding carboxylic acids is 1. The summed E-state index contributed by atoms with van der Waals surface area (Å²) in [6.07, 6.45) is 1.64. The number of carbonyl (C=O) groups is 1. The van der Waals surface area contributed by atoms with E-state index in [4.69, 9.17) is 0 Å². The van der Waals surface area contributed by atoms with E-state index in [1.54, 1.807) is 0 Å². The van der Waals surface area contributed by atoms with Gasteiger partial charge in [-0.3, -0.25) is 0 Å². The lowest BCUT2D eigenvalue weighted by molar-refractivity contribution is 0.213. The van der Waals surface area contributed by atoms with Gasteiger partial charge in [-0.1, -0.05) is 67.6 Å². The van der Waals surface area contributed by atoms with E-state index in [2.05, 4.69) is 29.7 Å². The average molecular weight is 312 g/mol. The number of aliphatic hydroxyl groups excluding tert-OH is 1. The second-order valence-corrected chi connectivity index (χ2v) is 5.56. The van der Waals surface area contributed by atoms with Crippen molar-refractivity contribution < 1.29 is 9.90 Å². The van der Waals surface area contributed by atoms with Crippen LogP contribution < -0.4 is 10.6 Å². The molecule has 0 bridgehead atoms. The molecule has 2 unspecified atom stereocenters. The summed E-state index contributed by atoms with van der Waals surface area (Å²) in [6.45, 7) is 1.92. The average Bonchev–Trinajstić information content (AvgIpc) is 2.60. The van der Waals surface area contributed by atoms with Crippen LogP contribution in [0.3, 0.4) is 0 Å². The number of hydrogen-bond donors (Lipinski definition) is 3. The standard InChI is InChI=1S/C19H24N2O2/c1-2-17(13-15-9-5-3-6-10-15)20-19(23)21-18(14-22)16-11-7-4-8-12-16/h3-12,17-18,22H,2,13-14H2,1H3,(H2,20,21,23). The molecule has 4 nitrogen and oxygen atoms in total. The Morgan fingerprint density at radius 1 is 1.00 bits per heavy atom. The summed E-state index contributed by atoms with van der Waals surface area (Å²) >= 11 is 0. The highest BCUT2D eigenvalue weighted by Crippen LogP contribution is 2.11. The first-order valence-electron chi connectivity index (χ1n) is 7.99. The first-order valence-corrected chi connectivity index (χ1v) is 7.99. The number of hydrogen-bond acceptors (Lipinski definition) is 2. The fraction of sp³-hybridized carbons (Fsp3) is 0.316. The number of amides is 2. The van der Waals surface area contributed by atoms with Crippen LogP contribution in [0.4, 0.5) is 4.79 Å². The Bertz CT molecular complexity index is 587.